The first-order chi connectivity index (χ1) is 14.5. The highest BCUT2D eigenvalue weighted by atomic mass is 32.1. The van der Waals surface area contributed by atoms with Gasteiger partial charge in [0.25, 0.3) is 0 Å². The molecule has 2 saturated heterocycles. The minimum atomic E-state index is -0.261. The first-order valence-electron chi connectivity index (χ1n) is 10.4. The lowest BCUT2D eigenvalue weighted by atomic mass is 10.2. The van der Waals surface area contributed by atoms with E-state index in [2.05, 4.69) is 15.5 Å². The first kappa shape index (κ1) is 20.6. The van der Waals surface area contributed by atoms with Crippen LogP contribution in [-0.4, -0.2) is 47.2 Å². The summed E-state index contributed by atoms with van der Waals surface area (Å²) in [7, 11) is 0. The van der Waals surface area contributed by atoms with Crippen LogP contribution in [0.3, 0.4) is 0 Å². The predicted octanol–water partition coefficient (Wildman–Crippen LogP) is 2.74. The van der Waals surface area contributed by atoms with Crippen molar-refractivity contribution >= 4 is 33.4 Å². The molecule has 0 saturated carbocycles. The molecule has 160 valence electrons. The molecule has 2 amide bonds. The Kier molecular flexibility index (Phi) is 6.17. The van der Waals surface area contributed by atoms with Gasteiger partial charge in [0, 0.05) is 26.1 Å². The van der Waals surface area contributed by atoms with E-state index in [1.165, 1.54) is 11.3 Å². The monoisotopic (exact) mass is 429 g/mol. The number of ether oxygens (including phenoxy) is 1. The number of aromatic nitrogens is 2. The molecule has 1 aromatic carbocycles. The lowest BCUT2D eigenvalue weighted by Crippen LogP contribution is -2.43. The van der Waals surface area contributed by atoms with E-state index < -0.39 is 0 Å². The number of anilines is 2. The molecule has 1 atom stereocenters. The van der Waals surface area contributed by atoms with Gasteiger partial charge in [-0.2, -0.15) is 0 Å². The third kappa shape index (κ3) is 4.56. The van der Waals surface area contributed by atoms with Crippen LogP contribution in [0.2, 0.25) is 0 Å². The third-order valence-corrected chi connectivity index (χ3v) is 6.25. The lowest BCUT2D eigenvalue weighted by Gasteiger charge is -2.22. The molecule has 1 aromatic heterocycles. The Morgan fingerprint density at radius 2 is 1.97 bits per heavy atom. The van der Waals surface area contributed by atoms with Crippen LogP contribution in [0.1, 0.15) is 45.1 Å². The van der Waals surface area contributed by atoms with Gasteiger partial charge in [-0.05, 0) is 50.8 Å². The van der Waals surface area contributed by atoms with Gasteiger partial charge >= 0.3 is 0 Å². The molecular weight excluding hydrogens is 402 g/mol. The highest BCUT2D eigenvalue weighted by Gasteiger charge is 2.34. The van der Waals surface area contributed by atoms with Gasteiger partial charge in [-0.1, -0.05) is 23.5 Å². The fourth-order valence-electron chi connectivity index (χ4n) is 3.82. The molecule has 3 heterocycles. The number of benzene rings is 1. The van der Waals surface area contributed by atoms with Crippen LogP contribution in [0.5, 0.6) is 5.75 Å². The second-order valence-electron chi connectivity index (χ2n) is 7.90. The molecule has 1 N–H and O–H groups in total. The largest absolute Gasteiger partial charge is 0.491 e. The van der Waals surface area contributed by atoms with E-state index in [4.69, 9.17) is 4.74 Å². The highest BCUT2D eigenvalue weighted by molar-refractivity contribution is 7.19. The molecular formula is C21H27N5O3S. The molecule has 0 radical (unpaired) electrons. The average molecular weight is 430 g/mol. The summed E-state index contributed by atoms with van der Waals surface area (Å²) < 4.78 is 5.65. The van der Waals surface area contributed by atoms with Crippen LogP contribution in [0.25, 0.3) is 0 Å². The summed E-state index contributed by atoms with van der Waals surface area (Å²) in [6, 6.07) is 7.52. The van der Waals surface area contributed by atoms with Gasteiger partial charge in [-0.15, -0.1) is 10.2 Å². The van der Waals surface area contributed by atoms with Gasteiger partial charge in [-0.25, -0.2) is 0 Å². The number of carbonyl (C=O) groups excluding carboxylic acids is 2. The summed E-state index contributed by atoms with van der Waals surface area (Å²) in [5.41, 5.74) is 1.02. The Labute approximate surface area is 180 Å². The summed E-state index contributed by atoms with van der Waals surface area (Å²) in [4.78, 5) is 28.5. The molecule has 1 unspecified atom stereocenters. The molecule has 0 aliphatic carbocycles. The number of amides is 2. The molecule has 2 aliphatic rings. The molecule has 0 spiro atoms. The number of nitrogens with one attached hydrogen (secondary N) is 1. The predicted molar refractivity (Wildman–Crippen MR) is 116 cm³/mol. The van der Waals surface area contributed by atoms with E-state index in [0.29, 0.717) is 29.8 Å². The van der Waals surface area contributed by atoms with Crippen LogP contribution >= 0.6 is 11.3 Å². The van der Waals surface area contributed by atoms with Crippen molar-refractivity contribution in [1.82, 2.24) is 15.5 Å². The topological polar surface area (TPSA) is 87.7 Å². The summed E-state index contributed by atoms with van der Waals surface area (Å²) in [6.45, 7) is 5.91. The van der Waals surface area contributed by atoms with Crippen molar-refractivity contribution in [3.8, 4) is 5.75 Å². The molecule has 30 heavy (non-hydrogen) atoms. The molecule has 2 fully saturated rings. The van der Waals surface area contributed by atoms with Crippen molar-refractivity contribution in [3.05, 3.63) is 29.8 Å². The molecule has 4 rings (SSSR count). The quantitative estimate of drug-likeness (QED) is 0.728. The van der Waals surface area contributed by atoms with Crippen LogP contribution in [0.15, 0.2) is 24.3 Å². The van der Waals surface area contributed by atoms with E-state index in [9.17, 15) is 9.59 Å². The van der Waals surface area contributed by atoms with Crippen molar-refractivity contribution in [3.63, 3.8) is 0 Å². The van der Waals surface area contributed by atoms with Gasteiger partial charge in [0.05, 0.1) is 6.10 Å². The number of hydrogen-bond donors (Lipinski definition) is 1. The van der Waals surface area contributed by atoms with Crippen LogP contribution in [0, 0.1) is 0 Å². The standard InChI is InChI=1S/C21H27N5O3S/c1-14(2)29-16-9-7-15(8-10-16)13-22-19(28)17-5-3-11-25(17)20-23-24-21(30-20)26-12-4-6-18(26)27/h7-10,14,17H,3-6,11-13H2,1-2H3,(H,22,28). The fraction of sp³-hybridized carbons (Fsp3) is 0.524. The van der Waals surface area contributed by atoms with Crippen molar-refractivity contribution in [2.45, 2.75) is 58.2 Å². The van der Waals surface area contributed by atoms with Crippen LogP contribution < -0.4 is 19.9 Å². The zero-order chi connectivity index (χ0) is 21.1. The minimum Gasteiger partial charge on any atom is -0.491 e. The molecule has 2 aromatic rings. The number of rotatable bonds is 7. The minimum absolute atomic E-state index is 0.0102. The van der Waals surface area contributed by atoms with Crippen molar-refractivity contribution in [2.75, 3.05) is 22.9 Å². The van der Waals surface area contributed by atoms with E-state index >= 15 is 0 Å². The maximum absolute atomic E-state index is 12.8. The van der Waals surface area contributed by atoms with Crippen LogP contribution in [-0.2, 0) is 16.1 Å². The number of hydrogen-bond acceptors (Lipinski definition) is 7. The van der Waals surface area contributed by atoms with E-state index in [1.54, 1.807) is 4.90 Å². The Morgan fingerprint density at radius 1 is 1.20 bits per heavy atom. The van der Waals surface area contributed by atoms with E-state index in [0.717, 1.165) is 37.1 Å². The maximum Gasteiger partial charge on any atom is 0.243 e. The van der Waals surface area contributed by atoms with Gasteiger partial charge in [0.2, 0.25) is 22.1 Å². The van der Waals surface area contributed by atoms with Gasteiger partial charge in [-0.3, -0.25) is 14.5 Å². The third-order valence-electron chi connectivity index (χ3n) is 5.27. The molecule has 0 bridgehead atoms. The Balaban J connectivity index is 1.36. The van der Waals surface area contributed by atoms with Crippen molar-refractivity contribution in [2.24, 2.45) is 0 Å². The first-order valence-corrected chi connectivity index (χ1v) is 11.3. The molecule has 9 heteroatoms. The van der Waals surface area contributed by atoms with E-state index in [-0.39, 0.29) is 24.0 Å². The Morgan fingerprint density at radius 3 is 2.67 bits per heavy atom. The Hall–Kier alpha value is -2.68. The Bertz CT molecular complexity index is 898. The normalized spacial score (nSPS) is 19.0. The second kappa shape index (κ2) is 8.99. The zero-order valence-electron chi connectivity index (χ0n) is 17.3. The summed E-state index contributed by atoms with van der Waals surface area (Å²) in [5, 5.41) is 12.8. The lowest BCUT2D eigenvalue weighted by molar-refractivity contribution is -0.122. The molecule has 2 aliphatic heterocycles. The molecule has 8 nitrogen and oxygen atoms in total. The SMILES string of the molecule is CC(C)Oc1ccc(CNC(=O)C2CCCN2c2nnc(N3CCCC3=O)s2)cc1. The van der Waals surface area contributed by atoms with E-state index in [1.807, 2.05) is 43.0 Å². The van der Waals surface area contributed by atoms with Gasteiger partial charge < -0.3 is 15.0 Å². The zero-order valence-corrected chi connectivity index (χ0v) is 18.2. The van der Waals surface area contributed by atoms with Gasteiger partial charge in [0.1, 0.15) is 11.8 Å². The summed E-state index contributed by atoms with van der Waals surface area (Å²) in [5.74, 6) is 0.910. The second-order valence-corrected chi connectivity index (χ2v) is 8.83. The average Bonchev–Trinajstić information content (AvgIpc) is 3.46. The van der Waals surface area contributed by atoms with Crippen molar-refractivity contribution in [1.29, 1.82) is 0 Å². The van der Waals surface area contributed by atoms with Crippen molar-refractivity contribution < 1.29 is 14.3 Å². The fourth-order valence-corrected chi connectivity index (χ4v) is 4.78. The van der Waals surface area contributed by atoms with Gasteiger partial charge in [0.15, 0.2) is 0 Å². The summed E-state index contributed by atoms with van der Waals surface area (Å²) in [6.07, 6.45) is 3.26. The maximum atomic E-state index is 12.8. The highest BCUT2D eigenvalue weighted by Crippen LogP contribution is 2.33. The van der Waals surface area contributed by atoms with Crippen LogP contribution in [0.4, 0.5) is 10.3 Å². The summed E-state index contributed by atoms with van der Waals surface area (Å²) >= 11 is 1.39. The number of nitrogens with zero attached hydrogens (tertiary/aromatic N) is 4. The number of carbonyl (C=O) groups is 2. The smallest absolute Gasteiger partial charge is 0.243 e.